The molecule has 4 amide bonds. The number of carbonyl (C=O) groups excluding carboxylic acids is 3. The fourth-order valence-electron chi connectivity index (χ4n) is 2.19. The molecule has 0 saturated heterocycles. The standard InChI is InChI=1S/C12H10N2O5/c1-2-14(12(13)19)9(15)7-4-3-6(11(17)18)5-8(7)10(14)16/h3-5H,2H2,1H3,(H2-,13,17,18,19)/p+1. The van der Waals surface area contributed by atoms with Gasteiger partial charge in [-0.25, -0.2) is 19.2 Å². The summed E-state index contributed by atoms with van der Waals surface area (Å²) in [5, 5.41) is 8.87. The number of carbonyl (C=O) groups is 4. The molecule has 7 heteroatoms. The van der Waals surface area contributed by atoms with Gasteiger partial charge >= 0.3 is 23.8 Å². The van der Waals surface area contributed by atoms with Crippen LogP contribution in [0.25, 0.3) is 0 Å². The molecular weight excluding hydrogens is 252 g/mol. The van der Waals surface area contributed by atoms with Crippen LogP contribution in [0.2, 0.25) is 0 Å². The molecule has 2 rings (SSSR count). The van der Waals surface area contributed by atoms with Gasteiger partial charge in [-0.05, 0) is 25.1 Å². The number of carboxylic acid groups (broad SMARTS) is 1. The van der Waals surface area contributed by atoms with Crippen LogP contribution < -0.4 is 5.73 Å². The summed E-state index contributed by atoms with van der Waals surface area (Å²) in [6.07, 6.45) is 0. The predicted molar refractivity (Wildman–Crippen MR) is 62.4 cm³/mol. The van der Waals surface area contributed by atoms with Crippen LogP contribution in [-0.2, 0) is 0 Å². The molecule has 98 valence electrons. The van der Waals surface area contributed by atoms with Crippen molar-refractivity contribution >= 4 is 23.8 Å². The minimum Gasteiger partial charge on any atom is -0.478 e. The van der Waals surface area contributed by atoms with Gasteiger partial charge in [0.2, 0.25) is 0 Å². The summed E-state index contributed by atoms with van der Waals surface area (Å²) in [6, 6.07) is 2.47. The van der Waals surface area contributed by atoms with Crippen molar-refractivity contribution < 1.29 is 28.8 Å². The molecule has 0 spiro atoms. The predicted octanol–water partition coefficient (Wildman–Crippen LogP) is 0.594. The van der Waals surface area contributed by atoms with Gasteiger partial charge in [-0.3, -0.25) is 0 Å². The minimum atomic E-state index is -1.22. The smallest absolute Gasteiger partial charge is 0.429 e. The van der Waals surface area contributed by atoms with Gasteiger partial charge in [0.1, 0.15) is 6.54 Å². The van der Waals surface area contributed by atoms with Crippen molar-refractivity contribution in [2.45, 2.75) is 6.92 Å². The normalized spacial score (nSPS) is 21.3. The van der Waals surface area contributed by atoms with Crippen LogP contribution in [0, 0.1) is 0 Å². The van der Waals surface area contributed by atoms with Gasteiger partial charge in [0.15, 0.2) is 0 Å². The molecule has 0 radical (unpaired) electrons. The second-order valence-electron chi connectivity index (χ2n) is 4.14. The number of fused-ring (bicyclic) bond motifs is 1. The van der Waals surface area contributed by atoms with Crippen LogP contribution in [0.15, 0.2) is 18.2 Å². The van der Waals surface area contributed by atoms with Crippen molar-refractivity contribution in [2.24, 2.45) is 5.73 Å². The van der Waals surface area contributed by atoms with E-state index in [-0.39, 0.29) is 23.2 Å². The molecule has 1 unspecified atom stereocenters. The number of rotatable bonds is 2. The lowest BCUT2D eigenvalue weighted by atomic mass is 10.1. The highest BCUT2D eigenvalue weighted by Crippen LogP contribution is 2.30. The number of amides is 4. The summed E-state index contributed by atoms with van der Waals surface area (Å²) >= 11 is 0. The van der Waals surface area contributed by atoms with E-state index in [0.29, 0.717) is 0 Å². The molecule has 1 aromatic carbocycles. The molecular formula is C12H11N2O5+. The lowest BCUT2D eigenvalue weighted by molar-refractivity contribution is -0.672. The molecule has 3 N–H and O–H groups in total. The van der Waals surface area contributed by atoms with E-state index >= 15 is 0 Å². The summed E-state index contributed by atoms with van der Waals surface area (Å²) < 4.78 is -1.13. The lowest BCUT2D eigenvalue weighted by Gasteiger charge is -2.21. The first kappa shape index (κ1) is 12.9. The van der Waals surface area contributed by atoms with E-state index < -0.39 is 28.3 Å². The van der Waals surface area contributed by atoms with E-state index in [0.717, 1.165) is 6.07 Å². The Bertz CT molecular complexity index is 637. The van der Waals surface area contributed by atoms with E-state index in [1.54, 1.807) is 0 Å². The number of imide groups is 3. The second-order valence-corrected chi connectivity index (χ2v) is 4.14. The third-order valence-electron chi connectivity index (χ3n) is 3.27. The minimum absolute atomic E-state index is 0.0238. The molecule has 19 heavy (non-hydrogen) atoms. The maximum Gasteiger partial charge on any atom is 0.429 e. The zero-order valence-electron chi connectivity index (χ0n) is 10.0. The molecule has 0 aromatic heterocycles. The Hall–Kier alpha value is -2.54. The summed E-state index contributed by atoms with van der Waals surface area (Å²) in [5.41, 5.74) is 5.00. The molecule has 1 aliphatic rings. The highest BCUT2D eigenvalue weighted by atomic mass is 16.4. The average molecular weight is 263 g/mol. The number of carboxylic acids is 1. The molecule has 7 nitrogen and oxygen atoms in total. The quantitative estimate of drug-likeness (QED) is 0.598. The third-order valence-corrected chi connectivity index (χ3v) is 3.27. The largest absolute Gasteiger partial charge is 0.478 e. The Morgan fingerprint density at radius 3 is 2.26 bits per heavy atom. The molecule has 1 aliphatic heterocycles. The molecule has 0 fully saturated rings. The van der Waals surface area contributed by atoms with Crippen molar-refractivity contribution in [3.05, 3.63) is 34.9 Å². The average Bonchev–Trinajstić information content (AvgIpc) is 2.59. The first-order valence-corrected chi connectivity index (χ1v) is 5.51. The van der Waals surface area contributed by atoms with Gasteiger partial charge in [0.25, 0.3) is 0 Å². The van der Waals surface area contributed by atoms with E-state index in [4.69, 9.17) is 10.8 Å². The van der Waals surface area contributed by atoms with Gasteiger partial charge < -0.3 is 10.8 Å². The third kappa shape index (κ3) is 1.48. The molecule has 1 heterocycles. The topological polar surface area (TPSA) is 115 Å². The molecule has 1 atom stereocenters. The van der Waals surface area contributed by atoms with Gasteiger partial charge in [0.05, 0.1) is 16.7 Å². The van der Waals surface area contributed by atoms with Crippen molar-refractivity contribution in [1.29, 1.82) is 0 Å². The number of hydrogen-bond acceptors (Lipinski definition) is 4. The van der Waals surface area contributed by atoms with Crippen molar-refractivity contribution in [3.63, 3.8) is 0 Å². The number of hydrogen-bond donors (Lipinski definition) is 2. The Morgan fingerprint density at radius 2 is 1.79 bits per heavy atom. The number of nitrogens with zero attached hydrogens (tertiary/aromatic N) is 1. The zero-order valence-corrected chi connectivity index (χ0v) is 10.0. The van der Waals surface area contributed by atoms with E-state index in [1.807, 2.05) is 0 Å². The Morgan fingerprint density at radius 1 is 1.21 bits per heavy atom. The molecule has 1 aromatic rings. The van der Waals surface area contributed by atoms with Gasteiger partial charge in [-0.15, -0.1) is 4.48 Å². The van der Waals surface area contributed by atoms with Crippen LogP contribution in [0.3, 0.4) is 0 Å². The van der Waals surface area contributed by atoms with Gasteiger partial charge in [0, 0.05) is 0 Å². The van der Waals surface area contributed by atoms with Crippen molar-refractivity contribution in [2.75, 3.05) is 6.54 Å². The Balaban J connectivity index is 2.68. The van der Waals surface area contributed by atoms with Crippen LogP contribution in [0.5, 0.6) is 0 Å². The van der Waals surface area contributed by atoms with Crippen LogP contribution in [-0.4, -0.2) is 39.9 Å². The number of urea groups is 1. The maximum absolute atomic E-state index is 12.2. The number of aromatic carboxylic acids is 1. The van der Waals surface area contributed by atoms with E-state index in [9.17, 15) is 19.2 Å². The highest BCUT2D eigenvalue weighted by molar-refractivity contribution is 6.19. The molecule has 0 aliphatic carbocycles. The first-order chi connectivity index (χ1) is 8.86. The summed E-state index contributed by atoms with van der Waals surface area (Å²) in [6.45, 7) is 1.38. The van der Waals surface area contributed by atoms with E-state index in [1.165, 1.54) is 19.1 Å². The van der Waals surface area contributed by atoms with Gasteiger partial charge in [-0.1, -0.05) is 0 Å². The zero-order chi connectivity index (χ0) is 14.4. The first-order valence-electron chi connectivity index (χ1n) is 5.51. The number of benzene rings is 1. The molecule has 0 bridgehead atoms. The van der Waals surface area contributed by atoms with E-state index in [2.05, 4.69) is 0 Å². The summed E-state index contributed by atoms with van der Waals surface area (Å²) in [4.78, 5) is 46.8. The van der Waals surface area contributed by atoms with Crippen LogP contribution >= 0.6 is 0 Å². The summed E-state index contributed by atoms with van der Waals surface area (Å²) in [7, 11) is 0. The monoisotopic (exact) mass is 263 g/mol. The fourth-order valence-corrected chi connectivity index (χ4v) is 2.19. The molecule has 0 saturated carbocycles. The Kier molecular flexibility index (Phi) is 2.71. The van der Waals surface area contributed by atoms with Crippen molar-refractivity contribution in [1.82, 2.24) is 0 Å². The SMILES string of the molecule is CC[N+]1(C(N)=O)C(=O)c2ccc(C(=O)O)cc2C1=O. The number of quaternary nitrogens is 1. The second kappa shape index (κ2) is 3.99. The maximum atomic E-state index is 12.2. The lowest BCUT2D eigenvalue weighted by Crippen LogP contribution is -2.59. The fraction of sp³-hybridized carbons (Fsp3) is 0.167. The number of primary amides is 1. The Labute approximate surface area is 107 Å². The summed E-state index contributed by atoms with van der Waals surface area (Å²) in [5.74, 6) is -2.71. The van der Waals surface area contributed by atoms with Crippen molar-refractivity contribution in [3.8, 4) is 0 Å². The highest BCUT2D eigenvalue weighted by Gasteiger charge is 2.57. The van der Waals surface area contributed by atoms with Gasteiger partial charge in [-0.2, -0.15) is 0 Å². The number of nitrogens with two attached hydrogens (primary N) is 1. The van der Waals surface area contributed by atoms with Crippen LogP contribution in [0.1, 0.15) is 38.0 Å². The van der Waals surface area contributed by atoms with Crippen LogP contribution in [0.4, 0.5) is 4.79 Å².